The maximum absolute atomic E-state index is 4.71. The van der Waals surface area contributed by atoms with Crippen molar-refractivity contribution in [1.82, 2.24) is 14.9 Å². The molecule has 2 aliphatic heterocycles. The van der Waals surface area contributed by atoms with Gasteiger partial charge in [-0.15, -0.1) is 0 Å². The molecule has 0 aliphatic carbocycles. The second kappa shape index (κ2) is 5.37. The van der Waals surface area contributed by atoms with Crippen molar-refractivity contribution in [3.63, 3.8) is 0 Å². The molecule has 2 fully saturated rings. The van der Waals surface area contributed by atoms with E-state index in [4.69, 9.17) is 4.98 Å². The molecule has 1 aromatic heterocycles. The third-order valence-electron chi connectivity index (χ3n) is 4.28. The van der Waals surface area contributed by atoms with Gasteiger partial charge in [0.1, 0.15) is 16.2 Å². The summed E-state index contributed by atoms with van der Waals surface area (Å²) in [6.45, 7) is 7.94. The minimum atomic E-state index is 0.529. The molecule has 0 amide bonds. The molecule has 5 heteroatoms. The van der Waals surface area contributed by atoms with E-state index >= 15 is 0 Å². The topological polar surface area (TPSA) is 32.3 Å². The third-order valence-corrected chi connectivity index (χ3v) is 4.68. The third kappa shape index (κ3) is 2.63. The number of halogens is 1. The van der Waals surface area contributed by atoms with Crippen LogP contribution in [-0.4, -0.2) is 46.6 Å². The van der Waals surface area contributed by atoms with Crippen molar-refractivity contribution in [1.29, 1.82) is 0 Å². The monoisotopic (exact) mass is 324 g/mol. The normalized spacial score (nSPS) is 27.6. The fraction of sp³-hybridized carbons (Fsp3) is 0.714. The summed E-state index contributed by atoms with van der Waals surface area (Å²) >= 11 is 3.51. The molecule has 19 heavy (non-hydrogen) atoms. The Kier molecular flexibility index (Phi) is 3.76. The van der Waals surface area contributed by atoms with E-state index < -0.39 is 0 Å². The number of hydrogen-bond donors (Lipinski definition) is 0. The molecule has 2 saturated heterocycles. The first-order chi connectivity index (χ1) is 9.17. The molecular formula is C14H21BrN4. The lowest BCUT2D eigenvalue weighted by molar-refractivity contribution is 0.202. The van der Waals surface area contributed by atoms with Crippen LogP contribution in [0.3, 0.4) is 0 Å². The van der Waals surface area contributed by atoms with Gasteiger partial charge in [-0.2, -0.15) is 0 Å². The van der Waals surface area contributed by atoms with Gasteiger partial charge >= 0.3 is 0 Å². The van der Waals surface area contributed by atoms with Gasteiger partial charge < -0.3 is 4.90 Å². The lowest BCUT2D eigenvalue weighted by atomic mass is 10.1. The van der Waals surface area contributed by atoms with Gasteiger partial charge in [-0.1, -0.05) is 6.92 Å². The molecule has 2 atom stereocenters. The number of nitrogens with zero attached hydrogens (tertiary/aromatic N) is 4. The smallest absolute Gasteiger partial charge is 0.133 e. The lowest BCUT2D eigenvalue weighted by Crippen LogP contribution is -2.55. The van der Waals surface area contributed by atoms with E-state index in [1.54, 1.807) is 0 Å². The number of piperazine rings is 1. The SMILES string of the molecule is CCc1nc(Br)cc(N2CC3CCCN3CC2C)n1. The van der Waals surface area contributed by atoms with Gasteiger partial charge in [-0.25, -0.2) is 9.97 Å². The van der Waals surface area contributed by atoms with Crippen LogP contribution in [0.1, 0.15) is 32.5 Å². The summed E-state index contributed by atoms with van der Waals surface area (Å²) in [5.41, 5.74) is 0. The molecule has 0 N–H and O–H groups in total. The van der Waals surface area contributed by atoms with Crippen molar-refractivity contribution in [2.45, 2.75) is 45.2 Å². The molecule has 0 saturated carbocycles. The molecule has 0 aromatic carbocycles. The summed E-state index contributed by atoms with van der Waals surface area (Å²) in [5, 5.41) is 0. The first-order valence-corrected chi connectivity index (χ1v) is 8.01. The van der Waals surface area contributed by atoms with Crippen LogP contribution in [0.5, 0.6) is 0 Å². The minimum Gasteiger partial charge on any atom is -0.351 e. The van der Waals surface area contributed by atoms with E-state index in [-0.39, 0.29) is 0 Å². The largest absolute Gasteiger partial charge is 0.351 e. The van der Waals surface area contributed by atoms with Crippen molar-refractivity contribution < 1.29 is 0 Å². The Morgan fingerprint density at radius 1 is 1.37 bits per heavy atom. The Bertz CT molecular complexity index is 465. The predicted molar refractivity (Wildman–Crippen MR) is 80.5 cm³/mol. The van der Waals surface area contributed by atoms with Crippen molar-refractivity contribution in [3.05, 3.63) is 16.5 Å². The van der Waals surface area contributed by atoms with Gasteiger partial charge in [0.2, 0.25) is 0 Å². The van der Waals surface area contributed by atoms with E-state index in [1.807, 2.05) is 0 Å². The quantitative estimate of drug-likeness (QED) is 0.782. The molecule has 104 valence electrons. The van der Waals surface area contributed by atoms with E-state index in [9.17, 15) is 0 Å². The summed E-state index contributed by atoms with van der Waals surface area (Å²) < 4.78 is 0.899. The molecule has 1 aromatic rings. The van der Waals surface area contributed by atoms with Crippen LogP contribution in [0, 0.1) is 0 Å². The Hall–Kier alpha value is -0.680. The van der Waals surface area contributed by atoms with Gasteiger partial charge in [0.25, 0.3) is 0 Å². The molecule has 0 bridgehead atoms. The summed E-state index contributed by atoms with van der Waals surface area (Å²) in [5.74, 6) is 2.00. The average molecular weight is 325 g/mol. The Morgan fingerprint density at radius 3 is 3.00 bits per heavy atom. The molecule has 3 rings (SSSR count). The molecule has 2 unspecified atom stereocenters. The fourth-order valence-electron chi connectivity index (χ4n) is 3.26. The maximum atomic E-state index is 4.71. The Labute approximate surface area is 123 Å². The second-order valence-electron chi connectivity index (χ2n) is 5.61. The number of hydrogen-bond acceptors (Lipinski definition) is 4. The molecular weight excluding hydrogens is 304 g/mol. The van der Waals surface area contributed by atoms with Crippen molar-refractivity contribution in [2.75, 3.05) is 24.5 Å². The van der Waals surface area contributed by atoms with Crippen LogP contribution >= 0.6 is 15.9 Å². The standard InChI is InChI=1S/C14H21BrN4/c1-3-13-16-12(15)7-14(17-13)19-9-11-5-4-6-18(11)8-10(19)2/h7,10-11H,3-6,8-9H2,1-2H3. The molecule has 2 aliphatic rings. The average Bonchev–Trinajstić information content (AvgIpc) is 2.84. The van der Waals surface area contributed by atoms with Gasteiger partial charge in [-0.05, 0) is 42.2 Å². The van der Waals surface area contributed by atoms with Crippen LogP contribution in [0.25, 0.3) is 0 Å². The van der Waals surface area contributed by atoms with E-state index in [2.05, 4.69) is 50.6 Å². The van der Waals surface area contributed by atoms with Crippen molar-refractivity contribution in [2.24, 2.45) is 0 Å². The van der Waals surface area contributed by atoms with Crippen LogP contribution in [-0.2, 0) is 6.42 Å². The molecule has 0 radical (unpaired) electrons. The first-order valence-electron chi connectivity index (χ1n) is 7.21. The number of aryl methyl sites for hydroxylation is 1. The van der Waals surface area contributed by atoms with Crippen LogP contribution in [0.2, 0.25) is 0 Å². The first kappa shape index (κ1) is 13.3. The summed E-state index contributed by atoms with van der Waals surface area (Å²) in [4.78, 5) is 14.2. The number of anilines is 1. The highest BCUT2D eigenvalue weighted by atomic mass is 79.9. The number of rotatable bonds is 2. The Balaban J connectivity index is 1.86. The molecule has 4 nitrogen and oxygen atoms in total. The van der Waals surface area contributed by atoms with E-state index in [1.165, 1.54) is 19.4 Å². The molecule has 0 spiro atoms. The number of fused-ring (bicyclic) bond motifs is 1. The van der Waals surface area contributed by atoms with Crippen molar-refractivity contribution >= 4 is 21.7 Å². The van der Waals surface area contributed by atoms with Crippen molar-refractivity contribution in [3.8, 4) is 0 Å². The van der Waals surface area contributed by atoms with Gasteiger partial charge in [0, 0.05) is 37.7 Å². The van der Waals surface area contributed by atoms with E-state index in [0.717, 1.165) is 41.8 Å². The highest BCUT2D eigenvalue weighted by molar-refractivity contribution is 9.10. The highest BCUT2D eigenvalue weighted by Crippen LogP contribution is 2.28. The van der Waals surface area contributed by atoms with Gasteiger partial charge in [-0.3, -0.25) is 4.90 Å². The zero-order chi connectivity index (χ0) is 13.4. The Morgan fingerprint density at radius 2 is 2.21 bits per heavy atom. The fourth-order valence-corrected chi connectivity index (χ4v) is 3.67. The van der Waals surface area contributed by atoms with Crippen LogP contribution < -0.4 is 4.90 Å². The second-order valence-corrected chi connectivity index (χ2v) is 6.42. The summed E-state index contributed by atoms with van der Waals surface area (Å²) in [6.07, 6.45) is 3.55. The van der Waals surface area contributed by atoms with Gasteiger partial charge in [0.05, 0.1) is 0 Å². The predicted octanol–water partition coefficient (Wildman–Crippen LogP) is 2.47. The van der Waals surface area contributed by atoms with E-state index in [0.29, 0.717) is 6.04 Å². The summed E-state index contributed by atoms with van der Waals surface area (Å²) in [7, 11) is 0. The molecule has 3 heterocycles. The highest BCUT2D eigenvalue weighted by Gasteiger charge is 2.35. The summed E-state index contributed by atoms with van der Waals surface area (Å²) in [6, 6.07) is 3.30. The number of aromatic nitrogens is 2. The van der Waals surface area contributed by atoms with Gasteiger partial charge in [0.15, 0.2) is 0 Å². The zero-order valence-corrected chi connectivity index (χ0v) is 13.2. The zero-order valence-electron chi connectivity index (χ0n) is 11.6. The van der Waals surface area contributed by atoms with Crippen LogP contribution in [0.4, 0.5) is 5.82 Å². The minimum absolute atomic E-state index is 0.529. The van der Waals surface area contributed by atoms with Crippen LogP contribution in [0.15, 0.2) is 10.7 Å². The maximum Gasteiger partial charge on any atom is 0.133 e. The lowest BCUT2D eigenvalue weighted by Gasteiger charge is -2.43.